The van der Waals surface area contributed by atoms with E-state index in [1.165, 1.54) is 11.8 Å². The van der Waals surface area contributed by atoms with Gasteiger partial charge in [0.05, 0.1) is 11.3 Å². The van der Waals surface area contributed by atoms with Gasteiger partial charge >= 0.3 is 0 Å². The van der Waals surface area contributed by atoms with E-state index in [9.17, 15) is 13.2 Å². The first-order valence-electron chi connectivity index (χ1n) is 8.75. The van der Waals surface area contributed by atoms with Crippen molar-refractivity contribution in [2.24, 2.45) is 0 Å². The highest BCUT2D eigenvalue weighted by Gasteiger charge is 2.23. The topological polar surface area (TPSA) is 57.7 Å². The number of nitrogens with zero attached hydrogens (tertiary/aromatic N) is 2. The Bertz CT molecular complexity index is 858. The lowest BCUT2D eigenvalue weighted by Gasteiger charge is -2.35. The van der Waals surface area contributed by atoms with E-state index in [2.05, 4.69) is 17.0 Å². The zero-order chi connectivity index (χ0) is 18.6. The number of piperazine rings is 1. The maximum absolute atomic E-state index is 12.6. The van der Waals surface area contributed by atoms with Crippen LogP contribution in [0.1, 0.15) is 11.1 Å². The molecule has 1 aliphatic rings. The fourth-order valence-corrected chi connectivity index (χ4v) is 4.23. The third-order valence-corrected chi connectivity index (χ3v) is 5.88. The first-order chi connectivity index (χ1) is 12.4. The molecule has 3 rings (SSSR count). The molecular formula is C20H24N2O3S. The second kappa shape index (κ2) is 8.01. The minimum atomic E-state index is -3.33. The molecule has 0 saturated carbocycles. The molecule has 0 N–H and O–H groups in total. The summed E-state index contributed by atoms with van der Waals surface area (Å²) in [7, 11) is -3.33. The third kappa shape index (κ3) is 4.71. The van der Waals surface area contributed by atoms with Crippen LogP contribution in [0, 0.1) is 0 Å². The van der Waals surface area contributed by atoms with Crippen LogP contribution >= 0.6 is 0 Å². The van der Waals surface area contributed by atoms with Gasteiger partial charge < -0.3 is 4.90 Å². The number of amides is 1. The highest BCUT2D eigenvalue weighted by atomic mass is 32.2. The summed E-state index contributed by atoms with van der Waals surface area (Å²) in [4.78, 5) is 17.0. The summed E-state index contributed by atoms with van der Waals surface area (Å²) < 4.78 is 23.8. The number of hydrogen-bond donors (Lipinski definition) is 0. The molecule has 2 aromatic rings. The Morgan fingerprint density at radius 2 is 1.54 bits per heavy atom. The molecule has 1 aliphatic heterocycles. The summed E-state index contributed by atoms with van der Waals surface area (Å²) in [5.41, 5.74) is 1.85. The molecule has 138 valence electrons. The van der Waals surface area contributed by atoms with E-state index in [-0.39, 0.29) is 17.2 Å². The van der Waals surface area contributed by atoms with Crippen LogP contribution in [0.2, 0.25) is 0 Å². The molecule has 0 spiro atoms. The maximum atomic E-state index is 12.6. The van der Waals surface area contributed by atoms with Gasteiger partial charge in [-0.1, -0.05) is 48.5 Å². The largest absolute Gasteiger partial charge is 0.340 e. The first kappa shape index (κ1) is 18.6. The molecule has 26 heavy (non-hydrogen) atoms. The van der Waals surface area contributed by atoms with Crippen molar-refractivity contribution in [1.82, 2.24) is 9.80 Å². The van der Waals surface area contributed by atoms with E-state index in [4.69, 9.17) is 0 Å². The van der Waals surface area contributed by atoms with Crippen LogP contribution in [0.4, 0.5) is 0 Å². The number of carbonyl (C=O) groups is 1. The van der Waals surface area contributed by atoms with Gasteiger partial charge in [0.2, 0.25) is 5.91 Å². The van der Waals surface area contributed by atoms with E-state index in [1.54, 1.807) is 24.3 Å². The van der Waals surface area contributed by atoms with Gasteiger partial charge in [0, 0.05) is 39.0 Å². The Morgan fingerprint density at radius 3 is 2.19 bits per heavy atom. The molecule has 0 aromatic heterocycles. The summed E-state index contributed by atoms with van der Waals surface area (Å²) in [5.74, 6) is -0.0135. The Morgan fingerprint density at radius 1 is 0.923 bits per heavy atom. The Labute approximate surface area is 155 Å². The van der Waals surface area contributed by atoms with Crippen molar-refractivity contribution < 1.29 is 13.2 Å². The summed E-state index contributed by atoms with van der Waals surface area (Å²) in [6.45, 7) is 3.89. The van der Waals surface area contributed by atoms with E-state index < -0.39 is 9.84 Å². The van der Waals surface area contributed by atoms with Gasteiger partial charge in [-0.3, -0.25) is 9.69 Å². The number of carbonyl (C=O) groups excluding carboxylic acids is 1. The SMILES string of the molecule is CS(=O)(=O)c1ccccc1CC(=O)N1CCN(Cc2ccccc2)CC1. The molecule has 1 fully saturated rings. The standard InChI is InChI=1S/C20H24N2O3S/c1-26(24,25)19-10-6-5-9-18(19)15-20(23)22-13-11-21(12-14-22)16-17-7-3-2-4-8-17/h2-10H,11-16H2,1H3. The van der Waals surface area contributed by atoms with E-state index in [0.717, 1.165) is 19.6 Å². The lowest BCUT2D eigenvalue weighted by Crippen LogP contribution is -2.48. The minimum absolute atomic E-state index is 0.0135. The Kier molecular flexibility index (Phi) is 5.74. The summed E-state index contributed by atoms with van der Waals surface area (Å²) >= 11 is 0. The van der Waals surface area contributed by atoms with Crippen molar-refractivity contribution in [3.8, 4) is 0 Å². The number of benzene rings is 2. The predicted molar refractivity (Wildman–Crippen MR) is 102 cm³/mol. The van der Waals surface area contributed by atoms with E-state index >= 15 is 0 Å². The number of rotatable bonds is 5. The van der Waals surface area contributed by atoms with E-state index in [1.807, 2.05) is 23.1 Å². The molecule has 6 heteroatoms. The Hall–Kier alpha value is -2.18. The van der Waals surface area contributed by atoms with E-state index in [0.29, 0.717) is 18.7 Å². The molecule has 5 nitrogen and oxygen atoms in total. The molecule has 0 atom stereocenters. The summed E-state index contributed by atoms with van der Waals surface area (Å²) in [5, 5.41) is 0. The third-order valence-electron chi connectivity index (χ3n) is 4.69. The van der Waals surface area contributed by atoms with Crippen LogP contribution in [-0.2, 0) is 27.6 Å². The molecule has 1 heterocycles. The number of sulfone groups is 1. The van der Waals surface area contributed by atoms with Crippen LogP contribution < -0.4 is 0 Å². The van der Waals surface area contributed by atoms with Gasteiger partial charge in [-0.2, -0.15) is 0 Å². The van der Waals surface area contributed by atoms with Crippen LogP contribution in [0.25, 0.3) is 0 Å². The molecule has 0 aliphatic carbocycles. The van der Waals surface area contributed by atoms with Crippen LogP contribution in [-0.4, -0.2) is 56.6 Å². The highest BCUT2D eigenvalue weighted by molar-refractivity contribution is 7.90. The van der Waals surface area contributed by atoms with Crippen LogP contribution in [0.15, 0.2) is 59.5 Å². The predicted octanol–water partition coefficient (Wildman–Crippen LogP) is 1.98. The molecule has 1 saturated heterocycles. The van der Waals surface area contributed by atoms with Crippen molar-refractivity contribution in [3.05, 3.63) is 65.7 Å². The van der Waals surface area contributed by atoms with Gasteiger partial charge in [-0.25, -0.2) is 8.42 Å². The second-order valence-corrected chi connectivity index (χ2v) is 8.68. The normalized spacial score (nSPS) is 15.8. The molecule has 0 radical (unpaired) electrons. The minimum Gasteiger partial charge on any atom is -0.340 e. The van der Waals surface area contributed by atoms with Gasteiger partial charge in [0.1, 0.15) is 0 Å². The fourth-order valence-electron chi connectivity index (χ4n) is 3.28. The smallest absolute Gasteiger partial charge is 0.227 e. The lowest BCUT2D eigenvalue weighted by atomic mass is 10.1. The maximum Gasteiger partial charge on any atom is 0.227 e. The Balaban J connectivity index is 1.58. The van der Waals surface area contributed by atoms with Gasteiger partial charge in [-0.15, -0.1) is 0 Å². The monoisotopic (exact) mass is 372 g/mol. The van der Waals surface area contributed by atoms with Crippen molar-refractivity contribution >= 4 is 15.7 Å². The number of hydrogen-bond acceptors (Lipinski definition) is 4. The summed E-state index contributed by atoms with van der Waals surface area (Å²) in [6.07, 6.45) is 1.31. The highest BCUT2D eigenvalue weighted by Crippen LogP contribution is 2.17. The quantitative estimate of drug-likeness (QED) is 0.805. The lowest BCUT2D eigenvalue weighted by molar-refractivity contribution is -0.132. The summed E-state index contributed by atoms with van der Waals surface area (Å²) in [6, 6.07) is 17.0. The average molecular weight is 372 g/mol. The molecule has 2 aromatic carbocycles. The molecular weight excluding hydrogens is 348 g/mol. The van der Waals surface area contributed by atoms with Gasteiger partial charge in [0.25, 0.3) is 0 Å². The molecule has 1 amide bonds. The van der Waals surface area contributed by atoms with Crippen LogP contribution in [0.3, 0.4) is 0 Å². The average Bonchev–Trinajstić information content (AvgIpc) is 2.63. The fraction of sp³-hybridized carbons (Fsp3) is 0.350. The molecule has 0 bridgehead atoms. The van der Waals surface area contributed by atoms with Crippen molar-refractivity contribution in [2.45, 2.75) is 17.9 Å². The van der Waals surface area contributed by atoms with Crippen molar-refractivity contribution in [2.75, 3.05) is 32.4 Å². The first-order valence-corrected chi connectivity index (χ1v) is 10.6. The molecule has 0 unspecified atom stereocenters. The zero-order valence-corrected chi connectivity index (χ0v) is 15.8. The second-order valence-electron chi connectivity index (χ2n) is 6.70. The van der Waals surface area contributed by atoms with Crippen molar-refractivity contribution in [1.29, 1.82) is 0 Å². The van der Waals surface area contributed by atoms with Crippen molar-refractivity contribution in [3.63, 3.8) is 0 Å². The zero-order valence-electron chi connectivity index (χ0n) is 15.0. The van der Waals surface area contributed by atoms with Crippen LogP contribution in [0.5, 0.6) is 0 Å². The van der Waals surface area contributed by atoms with Gasteiger partial charge in [-0.05, 0) is 17.2 Å². The van der Waals surface area contributed by atoms with Gasteiger partial charge in [0.15, 0.2) is 9.84 Å².